The minimum absolute atomic E-state index is 0.0781. The van der Waals surface area contributed by atoms with Gasteiger partial charge >= 0.3 is 12.1 Å². The molecule has 6 rings (SSSR count). The molecule has 0 spiro atoms. The molecule has 4 aliphatic rings. The summed E-state index contributed by atoms with van der Waals surface area (Å²) in [6.45, 7) is 13.9. The molecule has 2 aromatic carbocycles. The number of likely N-dealkylation sites (tertiary alicyclic amines) is 2. The molecule has 4 atom stereocenters. The number of nitrogens with zero attached hydrogens (tertiary/aromatic N) is 6. The molecule has 0 radical (unpaired) electrons. The number of carbonyl (C=O) groups excluding carboxylic acids is 6. The summed E-state index contributed by atoms with van der Waals surface area (Å²) in [4.78, 5) is 90.0. The van der Waals surface area contributed by atoms with Gasteiger partial charge in [0.05, 0.1) is 22.3 Å². The number of halogens is 5. The Morgan fingerprint density at radius 2 is 1.03 bits per heavy atom. The highest BCUT2D eigenvalue weighted by Crippen LogP contribution is 2.40. The summed E-state index contributed by atoms with van der Waals surface area (Å²) in [6.07, 6.45) is -2.07. The third-order valence-electron chi connectivity index (χ3n) is 12.1. The maximum atomic E-state index is 13.3. The third-order valence-corrected chi connectivity index (χ3v) is 12.1. The van der Waals surface area contributed by atoms with Gasteiger partial charge < -0.3 is 31.3 Å². The number of hydrogen-bond donors (Lipinski definition) is 4. The van der Waals surface area contributed by atoms with E-state index in [-0.39, 0.29) is 53.9 Å². The van der Waals surface area contributed by atoms with E-state index in [1.165, 1.54) is 10.0 Å². The van der Waals surface area contributed by atoms with Crippen LogP contribution in [0.15, 0.2) is 70.9 Å². The minimum atomic E-state index is -5.08. The molecule has 0 bridgehead atoms. The number of nitrogens with two attached hydrogens (primary N) is 1. The van der Waals surface area contributed by atoms with E-state index in [2.05, 4.69) is 20.8 Å². The van der Waals surface area contributed by atoms with Gasteiger partial charge in [-0.05, 0) is 50.7 Å². The number of hydrazone groups is 2. The summed E-state index contributed by atoms with van der Waals surface area (Å²) in [5.74, 6) is -3.79. The zero-order valence-corrected chi connectivity index (χ0v) is 42.7. The van der Waals surface area contributed by atoms with Crippen molar-refractivity contribution >= 4 is 76.0 Å². The minimum Gasteiger partial charge on any atom is -0.475 e. The number of carboxylic acids is 1. The SMILES string of the molecule is CCC(NC(=O)C(C)(C)C)C(=O)N1CCC2=NN(C)C(=O)C2(Cc2ccccc2)C1.CCC(NC(=O)C(C)(C)N)C(=O)N1CCC2=NN(C)C(=O)C2(Cc2ccccc2)C1.ClCCl.O=C(O)C(F)(F)F. The van der Waals surface area contributed by atoms with Crippen molar-refractivity contribution in [1.29, 1.82) is 0 Å². The van der Waals surface area contributed by atoms with Crippen molar-refractivity contribution in [2.75, 3.05) is 45.6 Å². The molecular formula is C48H66Cl2F3N9O8. The molecule has 6 amide bonds. The van der Waals surface area contributed by atoms with Gasteiger partial charge in [0.15, 0.2) is 0 Å². The molecule has 4 heterocycles. The maximum Gasteiger partial charge on any atom is 0.490 e. The summed E-state index contributed by atoms with van der Waals surface area (Å²) in [5.41, 5.74) is 6.24. The van der Waals surface area contributed by atoms with Gasteiger partial charge in [-0.1, -0.05) is 95.3 Å². The smallest absolute Gasteiger partial charge is 0.475 e. The second kappa shape index (κ2) is 24.5. The van der Waals surface area contributed by atoms with Crippen LogP contribution in [0.25, 0.3) is 0 Å². The van der Waals surface area contributed by atoms with Crippen LogP contribution in [0.2, 0.25) is 0 Å². The fraction of sp³-hybridized carbons (Fsp3) is 0.562. The van der Waals surface area contributed by atoms with E-state index in [1.807, 2.05) is 95.3 Å². The fourth-order valence-corrected chi connectivity index (χ4v) is 8.27. The number of carboxylic acid groups (broad SMARTS) is 1. The van der Waals surface area contributed by atoms with Gasteiger partial charge in [-0.15, -0.1) is 23.2 Å². The predicted octanol–water partition coefficient (Wildman–Crippen LogP) is 5.18. The molecule has 0 aromatic heterocycles. The molecule has 22 heteroatoms. The van der Waals surface area contributed by atoms with Crippen molar-refractivity contribution in [2.45, 2.75) is 111 Å². The number of rotatable bonds is 11. The van der Waals surface area contributed by atoms with Crippen LogP contribution in [0.3, 0.4) is 0 Å². The van der Waals surface area contributed by atoms with Gasteiger partial charge in [0, 0.05) is 58.5 Å². The summed E-state index contributed by atoms with van der Waals surface area (Å²) < 4.78 is 31.7. The normalized spacial score (nSPS) is 20.6. The van der Waals surface area contributed by atoms with Gasteiger partial charge in [0.1, 0.15) is 22.9 Å². The number of amides is 6. The van der Waals surface area contributed by atoms with Crippen LogP contribution in [-0.2, 0) is 46.4 Å². The highest BCUT2D eigenvalue weighted by atomic mass is 35.5. The molecule has 2 aromatic rings. The first-order chi connectivity index (χ1) is 32.5. The van der Waals surface area contributed by atoms with Crippen molar-refractivity contribution in [3.63, 3.8) is 0 Å². The largest absolute Gasteiger partial charge is 0.490 e. The van der Waals surface area contributed by atoms with Crippen molar-refractivity contribution in [3.05, 3.63) is 71.8 Å². The fourth-order valence-electron chi connectivity index (χ4n) is 8.27. The van der Waals surface area contributed by atoms with E-state index in [0.29, 0.717) is 51.6 Å². The van der Waals surface area contributed by atoms with Crippen LogP contribution in [0.4, 0.5) is 13.2 Å². The monoisotopic (exact) mass is 1020 g/mol. The van der Waals surface area contributed by atoms with Crippen LogP contribution >= 0.6 is 23.2 Å². The summed E-state index contributed by atoms with van der Waals surface area (Å²) in [6, 6.07) is 18.3. The first-order valence-electron chi connectivity index (χ1n) is 22.7. The topological polar surface area (TPSA) is 227 Å². The highest BCUT2D eigenvalue weighted by Gasteiger charge is 2.55. The lowest BCUT2D eigenvalue weighted by Gasteiger charge is -2.40. The van der Waals surface area contributed by atoms with E-state index in [9.17, 15) is 41.9 Å². The standard InChI is InChI=1S/C23H32N4O3.C22H31N5O3.C2HF3O2.CH2Cl2/c1-6-17(24-20(29)22(2,3)4)19(28)27-13-12-18-23(15-27,21(30)26(5)25-18)14-16-10-8-7-9-11-16;1-5-16(24-19(29)21(2,3)23)18(28)27-12-11-17-22(14-27,20(30)26(4)25-17)13-15-9-7-6-8-10-15;3-2(4,5)1(6)7;2-1-3/h7-11,17H,6,12-15H2,1-5H3,(H,24,29);6-10,16H,5,11-14,23H2,1-4H3,(H,24,29);(H,6,7);1H2. The average molecular weight is 1030 g/mol. The Morgan fingerprint density at radius 3 is 1.31 bits per heavy atom. The van der Waals surface area contributed by atoms with Gasteiger partial charge in [0.2, 0.25) is 23.6 Å². The molecule has 70 heavy (non-hydrogen) atoms. The molecule has 0 aliphatic carbocycles. The van der Waals surface area contributed by atoms with Gasteiger partial charge in [0.25, 0.3) is 11.8 Å². The lowest BCUT2D eigenvalue weighted by Crippen LogP contribution is -2.60. The lowest BCUT2D eigenvalue weighted by atomic mass is 9.73. The quantitative estimate of drug-likeness (QED) is 0.217. The lowest BCUT2D eigenvalue weighted by molar-refractivity contribution is -0.192. The van der Waals surface area contributed by atoms with Crippen LogP contribution < -0.4 is 16.4 Å². The van der Waals surface area contributed by atoms with E-state index in [4.69, 9.17) is 38.8 Å². The zero-order chi connectivity index (χ0) is 53.0. The van der Waals surface area contributed by atoms with Crippen LogP contribution in [0.5, 0.6) is 0 Å². The van der Waals surface area contributed by atoms with Crippen LogP contribution in [0.1, 0.15) is 85.3 Å². The number of carbonyl (C=O) groups is 7. The Hall–Kier alpha value is -5.60. The van der Waals surface area contributed by atoms with Crippen molar-refractivity contribution in [2.24, 2.45) is 32.2 Å². The third kappa shape index (κ3) is 14.7. The number of nitrogens with one attached hydrogen (secondary N) is 2. The highest BCUT2D eigenvalue weighted by molar-refractivity contribution is 6.40. The number of fused-ring (bicyclic) bond motifs is 2. The molecule has 386 valence electrons. The van der Waals surface area contributed by atoms with E-state index < -0.39 is 46.0 Å². The second-order valence-electron chi connectivity index (χ2n) is 19.0. The van der Waals surface area contributed by atoms with E-state index in [0.717, 1.165) is 22.6 Å². The number of hydrogen-bond acceptors (Lipinski definition) is 10. The first-order valence-corrected chi connectivity index (χ1v) is 23.8. The van der Waals surface area contributed by atoms with E-state index in [1.54, 1.807) is 37.7 Å². The molecule has 2 saturated heterocycles. The number of aliphatic carboxylic acids is 1. The van der Waals surface area contributed by atoms with Gasteiger partial charge in [-0.2, -0.15) is 23.4 Å². The number of piperidine rings is 2. The molecule has 5 N–H and O–H groups in total. The summed E-state index contributed by atoms with van der Waals surface area (Å²) in [5, 5.41) is 24.7. The predicted molar refractivity (Wildman–Crippen MR) is 260 cm³/mol. The Morgan fingerprint density at radius 1 is 0.700 bits per heavy atom. The molecular weight excluding hydrogens is 958 g/mol. The molecule has 17 nitrogen and oxygen atoms in total. The molecule has 2 fully saturated rings. The molecule has 4 unspecified atom stereocenters. The number of alkyl halides is 5. The Balaban J connectivity index is 0.000000311. The van der Waals surface area contributed by atoms with Crippen molar-refractivity contribution in [3.8, 4) is 0 Å². The average Bonchev–Trinajstić information content (AvgIpc) is 3.69. The number of benzene rings is 2. The van der Waals surface area contributed by atoms with Gasteiger partial charge in [-0.3, -0.25) is 28.8 Å². The van der Waals surface area contributed by atoms with Crippen LogP contribution in [0, 0.1) is 16.2 Å². The second-order valence-corrected chi connectivity index (χ2v) is 19.8. The maximum absolute atomic E-state index is 13.3. The molecule has 0 saturated carbocycles. The summed E-state index contributed by atoms with van der Waals surface area (Å²) in [7, 11) is 3.33. The van der Waals surface area contributed by atoms with Crippen molar-refractivity contribution < 1.29 is 51.8 Å². The molecule has 4 aliphatic heterocycles. The Bertz CT molecular complexity index is 2110. The Kier molecular flexibility index (Phi) is 20.5. The first kappa shape index (κ1) is 58.7. The Labute approximate surface area is 417 Å². The van der Waals surface area contributed by atoms with E-state index >= 15 is 0 Å². The van der Waals surface area contributed by atoms with Gasteiger partial charge in [-0.25, -0.2) is 14.8 Å². The summed E-state index contributed by atoms with van der Waals surface area (Å²) >= 11 is 9.53. The zero-order valence-electron chi connectivity index (χ0n) is 41.2. The van der Waals surface area contributed by atoms with Crippen LogP contribution in [-0.4, -0.2) is 147 Å². The van der Waals surface area contributed by atoms with Crippen molar-refractivity contribution in [1.82, 2.24) is 30.5 Å².